The summed E-state index contributed by atoms with van der Waals surface area (Å²) >= 11 is 0. The number of aliphatic imine (C=N–C) groups is 1. The van der Waals surface area contributed by atoms with E-state index in [1.807, 2.05) is 30.4 Å². The van der Waals surface area contributed by atoms with E-state index in [0.717, 1.165) is 18.1 Å². The van der Waals surface area contributed by atoms with Crippen LogP contribution in [0.25, 0.3) is 0 Å². The number of rotatable bonds is 4. The molecular weight excluding hydrogens is 375 g/mol. The van der Waals surface area contributed by atoms with Gasteiger partial charge in [-0.25, -0.2) is 4.99 Å². The summed E-state index contributed by atoms with van der Waals surface area (Å²) in [6.45, 7) is -0.0420. The molecule has 0 spiro atoms. The van der Waals surface area contributed by atoms with Crippen molar-refractivity contribution >= 4 is 5.96 Å². The van der Waals surface area contributed by atoms with Gasteiger partial charge in [-0.05, 0) is 23.6 Å². The average molecular weight is 397 g/mol. The summed E-state index contributed by atoms with van der Waals surface area (Å²) < 4.78 is 39.7. The summed E-state index contributed by atoms with van der Waals surface area (Å²) in [5.41, 5.74) is 0.643. The fourth-order valence-electron chi connectivity index (χ4n) is 3.88. The van der Waals surface area contributed by atoms with Gasteiger partial charge < -0.3 is 10.6 Å². The Bertz CT molecular complexity index is 932. The van der Waals surface area contributed by atoms with Crippen LogP contribution in [0.1, 0.15) is 29.2 Å². The van der Waals surface area contributed by atoms with Crippen molar-refractivity contribution in [1.82, 2.24) is 10.6 Å². The normalized spacial score (nSPS) is 25.1. The molecule has 0 aromatic heterocycles. The van der Waals surface area contributed by atoms with Gasteiger partial charge in [-0.2, -0.15) is 13.2 Å². The van der Waals surface area contributed by atoms with Gasteiger partial charge in [0, 0.05) is 5.92 Å². The van der Waals surface area contributed by atoms with Crippen molar-refractivity contribution in [2.45, 2.75) is 31.2 Å². The Morgan fingerprint density at radius 2 is 1.69 bits per heavy atom. The van der Waals surface area contributed by atoms with E-state index >= 15 is 0 Å². The average Bonchev–Trinajstić information content (AvgIpc) is 3.17. The molecule has 2 aliphatic rings. The van der Waals surface area contributed by atoms with Crippen LogP contribution in [0, 0.1) is 5.92 Å². The van der Waals surface area contributed by atoms with Crippen LogP contribution in [0.15, 0.2) is 83.9 Å². The van der Waals surface area contributed by atoms with Gasteiger partial charge in [-0.3, -0.25) is 0 Å². The lowest BCUT2D eigenvalue weighted by Gasteiger charge is -2.26. The van der Waals surface area contributed by atoms with Crippen LogP contribution in [0.4, 0.5) is 13.2 Å². The maximum absolute atomic E-state index is 13.2. The molecule has 0 saturated carbocycles. The van der Waals surface area contributed by atoms with Gasteiger partial charge in [-0.15, -0.1) is 0 Å². The number of nitrogens with zero attached hydrogens (tertiary/aromatic N) is 1. The first-order chi connectivity index (χ1) is 14.0. The summed E-state index contributed by atoms with van der Waals surface area (Å²) in [6, 6.07) is 15.7. The Kier molecular flexibility index (Phi) is 5.43. The SMILES string of the molecule is FC(F)(F)c1ccccc1CN=C1NC(C2C=CC=CC2)[C@H](c2ccccc2)N1. The van der Waals surface area contributed by atoms with E-state index < -0.39 is 11.7 Å². The van der Waals surface area contributed by atoms with Crippen LogP contribution < -0.4 is 10.6 Å². The predicted molar refractivity (Wildman–Crippen MR) is 108 cm³/mol. The van der Waals surface area contributed by atoms with Crippen molar-refractivity contribution < 1.29 is 13.2 Å². The summed E-state index contributed by atoms with van der Waals surface area (Å²) in [5.74, 6) is 0.802. The van der Waals surface area contributed by atoms with Crippen LogP contribution >= 0.6 is 0 Å². The summed E-state index contributed by atoms with van der Waals surface area (Å²) in [5, 5.41) is 6.79. The number of guanidine groups is 1. The lowest BCUT2D eigenvalue weighted by atomic mass is 9.86. The van der Waals surface area contributed by atoms with Gasteiger partial charge in [0.15, 0.2) is 5.96 Å². The molecule has 1 aliphatic carbocycles. The molecule has 3 atom stereocenters. The van der Waals surface area contributed by atoms with E-state index in [-0.39, 0.29) is 30.1 Å². The van der Waals surface area contributed by atoms with Crippen LogP contribution in [0.3, 0.4) is 0 Å². The third kappa shape index (κ3) is 4.36. The highest BCUT2D eigenvalue weighted by Gasteiger charge is 2.36. The molecule has 0 bridgehead atoms. The monoisotopic (exact) mass is 397 g/mol. The number of alkyl halides is 3. The highest BCUT2D eigenvalue weighted by molar-refractivity contribution is 5.83. The molecule has 2 unspecified atom stereocenters. The van der Waals surface area contributed by atoms with Gasteiger partial charge in [0.05, 0.1) is 24.2 Å². The quantitative estimate of drug-likeness (QED) is 0.762. The molecule has 3 nitrogen and oxygen atoms in total. The van der Waals surface area contributed by atoms with E-state index in [0.29, 0.717) is 5.96 Å². The minimum absolute atomic E-state index is 0.00559. The molecular formula is C23H22F3N3. The fraction of sp³-hybridized carbons (Fsp3) is 0.261. The van der Waals surface area contributed by atoms with Crippen molar-refractivity contribution in [3.8, 4) is 0 Å². The topological polar surface area (TPSA) is 36.4 Å². The first-order valence-electron chi connectivity index (χ1n) is 9.63. The summed E-state index contributed by atoms with van der Waals surface area (Å²) in [7, 11) is 0. The molecule has 2 aromatic carbocycles. The smallest absolute Gasteiger partial charge is 0.351 e. The van der Waals surface area contributed by atoms with Gasteiger partial charge in [0.1, 0.15) is 0 Å². The third-order valence-electron chi connectivity index (χ3n) is 5.32. The zero-order valence-electron chi connectivity index (χ0n) is 15.7. The van der Waals surface area contributed by atoms with E-state index in [1.165, 1.54) is 12.1 Å². The third-order valence-corrected chi connectivity index (χ3v) is 5.32. The Morgan fingerprint density at radius 3 is 2.41 bits per heavy atom. The molecule has 0 amide bonds. The second kappa shape index (κ2) is 8.15. The van der Waals surface area contributed by atoms with Gasteiger partial charge in [-0.1, -0.05) is 72.8 Å². The molecule has 1 heterocycles. The van der Waals surface area contributed by atoms with E-state index in [9.17, 15) is 13.2 Å². The number of benzene rings is 2. The van der Waals surface area contributed by atoms with Crippen LogP contribution in [0.2, 0.25) is 0 Å². The largest absolute Gasteiger partial charge is 0.416 e. The Hall–Kier alpha value is -3.02. The number of hydrogen-bond acceptors (Lipinski definition) is 1. The summed E-state index contributed by atoms with van der Waals surface area (Å²) in [6.07, 6.45) is 4.87. The van der Waals surface area contributed by atoms with Crippen LogP contribution in [-0.4, -0.2) is 12.0 Å². The molecule has 1 fully saturated rings. The van der Waals surface area contributed by atoms with Gasteiger partial charge in [0.2, 0.25) is 0 Å². The zero-order chi connectivity index (χ0) is 20.3. The molecule has 0 radical (unpaired) electrons. The lowest BCUT2D eigenvalue weighted by molar-refractivity contribution is -0.138. The first-order valence-corrected chi connectivity index (χ1v) is 9.63. The molecule has 29 heavy (non-hydrogen) atoms. The summed E-state index contributed by atoms with van der Waals surface area (Å²) in [4.78, 5) is 4.44. The second-order valence-corrected chi connectivity index (χ2v) is 7.24. The molecule has 2 aromatic rings. The van der Waals surface area contributed by atoms with Gasteiger partial charge >= 0.3 is 6.18 Å². The van der Waals surface area contributed by atoms with Crippen LogP contribution in [-0.2, 0) is 12.7 Å². The zero-order valence-corrected chi connectivity index (χ0v) is 15.7. The Balaban J connectivity index is 1.58. The molecule has 150 valence electrons. The molecule has 4 rings (SSSR count). The minimum atomic E-state index is -4.39. The molecule has 1 aliphatic heterocycles. The molecule has 1 saturated heterocycles. The van der Waals surface area contributed by atoms with E-state index in [1.54, 1.807) is 6.07 Å². The predicted octanol–water partition coefficient (Wildman–Crippen LogP) is 5.00. The van der Waals surface area contributed by atoms with Crippen molar-refractivity contribution in [2.24, 2.45) is 10.9 Å². The van der Waals surface area contributed by atoms with Crippen molar-refractivity contribution in [1.29, 1.82) is 0 Å². The highest BCUT2D eigenvalue weighted by Crippen LogP contribution is 2.33. The number of halogens is 3. The second-order valence-electron chi connectivity index (χ2n) is 7.24. The van der Waals surface area contributed by atoms with Crippen LogP contribution in [0.5, 0.6) is 0 Å². The Morgan fingerprint density at radius 1 is 0.931 bits per heavy atom. The molecule has 6 heteroatoms. The number of hydrogen-bond donors (Lipinski definition) is 2. The maximum Gasteiger partial charge on any atom is 0.416 e. The number of nitrogens with one attached hydrogen (secondary N) is 2. The number of allylic oxidation sites excluding steroid dienone is 3. The highest BCUT2D eigenvalue weighted by atomic mass is 19.4. The Labute approximate surface area is 168 Å². The minimum Gasteiger partial charge on any atom is -0.351 e. The van der Waals surface area contributed by atoms with E-state index in [4.69, 9.17) is 0 Å². The van der Waals surface area contributed by atoms with Crippen molar-refractivity contribution in [3.05, 3.63) is 95.6 Å². The standard InChI is InChI=1S/C23H22F3N3/c24-23(25,26)19-14-8-7-13-18(19)15-27-22-28-20(16-9-3-1-4-10-16)21(29-22)17-11-5-2-6-12-17/h1-11,13-14,17,20-21H,12,15H2,(H2,27,28,29)/t17?,20-,21?/m0/s1. The lowest BCUT2D eigenvalue weighted by Crippen LogP contribution is -2.35. The first kappa shape index (κ1) is 19.3. The molecule has 2 N–H and O–H groups in total. The maximum atomic E-state index is 13.2. The van der Waals surface area contributed by atoms with Gasteiger partial charge in [0.25, 0.3) is 0 Å². The van der Waals surface area contributed by atoms with E-state index in [2.05, 4.69) is 39.9 Å². The fourth-order valence-corrected chi connectivity index (χ4v) is 3.88. The van der Waals surface area contributed by atoms with Crippen molar-refractivity contribution in [3.63, 3.8) is 0 Å². The van der Waals surface area contributed by atoms with Crippen molar-refractivity contribution in [2.75, 3.05) is 0 Å².